The second kappa shape index (κ2) is 7.47. The van der Waals surface area contributed by atoms with Crippen LogP contribution in [0.3, 0.4) is 0 Å². The molecule has 0 radical (unpaired) electrons. The Morgan fingerprint density at radius 2 is 1.97 bits per heavy atom. The van der Waals surface area contributed by atoms with E-state index in [0.717, 1.165) is 25.7 Å². The minimum absolute atomic E-state index is 0.178. The monoisotopic (exact) mass is 421 g/mol. The minimum Gasteiger partial charge on any atom is -0.495 e. The van der Waals surface area contributed by atoms with Gasteiger partial charge in [-0.1, -0.05) is 11.6 Å². The maximum atomic E-state index is 12.6. The summed E-state index contributed by atoms with van der Waals surface area (Å²) in [5.41, 5.74) is -0.366. The Kier molecular flexibility index (Phi) is 5.28. The molecule has 0 saturated heterocycles. The molecule has 0 heterocycles. The highest BCUT2D eigenvalue weighted by Gasteiger charge is 2.57. The Hall–Kier alpha value is -1.79. The van der Waals surface area contributed by atoms with Crippen LogP contribution in [-0.4, -0.2) is 35.8 Å². The first kappa shape index (κ1) is 20.5. The van der Waals surface area contributed by atoms with Crippen molar-refractivity contribution in [3.8, 4) is 5.75 Å². The summed E-state index contributed by atoms with van der Waals surface area (Å²) in [5, 5.41) is 14.0. The van der Waals surface area contributed by atoms with E-state index in [-0.39, 0.29) is 17.8 Å². The van der Waals surface area contributed by atoms with E-state index in [0.29, 0.717) is 34.7 Å². The molecule has 29 heavy (non-hydrogen) atoms. The molecule has 2 N–H and O–H groups in total. The summed E-state index contributed by atoms with van der Waals surface area (Å²) >= 11 is 5.99. The topological polar surface area (TPSA) is 84.9 Å². The molecule has 1 amide bonds. The van der Waals surface area contributed by atoms with Gasteiger partial charge >= 0.3 is 5.97 Å². The fourth-order valence-corrected chi connectivity index (χ4v) is 6.39. The standard InChI is InChI=1S/C22H28ClNO5/c1-13(20(26)24-17-6-16(23)3-4-18(17)28-2)29-19(25)11-21-7-14-5-15(8-21)10-22(27,9-14)12-21/h3-4,6,13-15,27H,5,7-12H2,1-2H3,(H,24,26)/t13-,14-,15+,21?,22?/m1/s1. The number of hydrogen-bond donors (Lipinski definition) is 2. The molecule has 0 aromatic heterocycles. The Morgan fingerprint density at radius 1 is 1.28 bits per heavy atom. The summed E-state index contributed by atoms with van der Waals surface area (Å²) in [4.78, 5) is 25.2. The molecule has 4 aliphatic carbocycles. The van der Waals surface area contributed by atoms with E-state index in [4.69, 9.17) is 21.1 Å². The molecule has 4 bridgehead atoms. The van der Waals surface area contributed by atoms with Crippen LogP contribution in [0.1, 0.15) is 51.9 Å². The number of aliphatic hydroxyl groups is 1. The van der Waals surface area contributed by atoms with Gasteiger partial charge in [0.15, 0.2) is 6.10 Å². The van der Waals surface area contributed by atoms with Gasteiger partial charge in [-0.05, 0) is 80.9 Å². The molecule has 4 aliphatic rings. The molecule has 0 aliphatic heterocycles. The Morgan fingerprint density at radius 3 is 2.59 bits per heavy atom. The van der Waals surface area contributed by atoms with Gasteiger partial charge in [0, 0.05) is 5.02 Å². The highest BCUT2D eigenvalue weighted by atomic mass is 35.5. The van der Waals surface area contributed by atoms with E-state index in [9.17, 15) is 14.7 Å². The molecular formula is C22H28ClNO5. The lowest BCUT2D eigenvalue weighted by Gasteiger charge is -2.60. The van der Waals surface area contributed by atoms with Crippen LogP contribution in [0, 0.1) is 17.3 Å². The molecule has 158 valence electrons. The number of ether oxygens (including phenoxy) is 2. The number of nitrogens with one attached hydrogen (secondary N) is 1. The quantitative estimate of drug-likeness (QED) is 0.679. The molecule has 1 aromatic carbocycles. The molecule has 2 unspecified atom stereocenters. The van der Waals surface area contributed by atoms with E-state index in [2.05, 4.69) is 5.32 Å². The predicted molar refractivity (Wildman–Crippen MR) is 109 cm³/mol. The number of methoxy groups -OCH3 is 1. The van der Waals surface area contributed by atoms with Crippen LogP contribution in [0.15, 0.2) is 18.2 Å². The van der Waals surface area contributed by atoms with E-state index < -0.39 is 17.6 Å². The third-order valence-corrected chi connectivity index (χ3v) is 7.00. The third-order valence-electron chi connectivity index (χ3n) is 6.77. The van der Waals surface area contributed by atoms with Crippen molar-refractivity contribution >= 4 is 29.2 Å². The van der Waals surface area contributed by atoms with Crippen molar-refractivity contribution in [2.45, 2.75) is 63.6 Å². The number of amides is 1. The number of hydrogen-bond acceptors (Lipinski definition) is 5. The Labute approximate surface area is 175 Å². The average Bonchev–Trinajstić information content (AvgIpc) is 2.59. The zero-order valence-corrected chi connectivity index (χ0v) is 17.6. The van der Waals surface area contributed by atoms with E-state index >= 15 is 0 Å². The fraction of sp³-hybridized carbons (Fsp3) is 0.636. The lowest BCUT2D eigenvalue weighted by molar-refractivity contribution is -0.179. The fourth-order valence-electron chi connectivity index (χ4n) is 6.22. The van der Waals surface area contributed by atoms with Crippen molar-refractivity contribution < 1.29 is 24.2 Å². The van der Waals surface area contributed by atoms with Crippen LogP contribution in [0.5, 0.6) is 5.75 Å². The number of carbonyl (C=O) groups is 2. The molecule has 4 fully saturated rings. The summed E-state index contributed by atoms with van der Waals surface area (Å²) in [6.07, 6.45) is 4.83. The minimum atomic E-state index is -0.941. The van der Waals surface area contributed by atoms with Gasteiger partial charge in [0.1, 0.15) is 5.75 Å². The summed E-state index contributed by atoms with van der Waals surface area (Å²) < 4.78 is 10.7. The molecule has 7 heteroatoms. The van der Waals surface area contributed by atoms with Crippen molar-refractivity contribution in [3.63, 3.8) is 0 Å². The lowest BCUT2D eigenvalue weighted by Crippen LogP contribution is -2.56. The SMILES string of the molecule is COc1ccc(Cl)cc1NC(=O)[C@@H](C)OC(=O)CC12C[C@@H]3C[C@@H](CC(O)(C3)C1)C2. The normalized spacial score (nSPS) is 33.2. The first-order valence-electron chi connectivity index (χ1n) is 10.3. The van der Waals surface area contributed by atoms with Crippen molar-refractivity contribution in [3.05, 3.63) is 23.2 Å². The van der Waals surface area contributed by atoms with Crippen molar-refractivity contribution in [1.82, 2.24) is 0 Å². The lowest BCUT2D eigenvalue weighted by atomic mass is 9.47. The Balaban J connectivity index is 1.36. The van der Waals surface area contributed by atoms with Crippen molar-refractivity contribution in [2.24, 2.45) is 17.3 Å². The Bertz CT molecular complexity index is 811. The third kappa shape index (κ3) is 4.24. The van der Waals surface area contributed by atoms with Gasteiger partial charge in [-0.15, -0.1) is 0 Å². The van der Waals surface area contributed by atoms with Crippen LogP contribution in [-0.2, 0) is 14.3 Å². The van der Waals surface area contributed by atoms with Gasteiger partial charge in [0.2, 0.25) is 0 Å². The molecule has 5 rings (SSSR count). The smallest absolute Gasteiger partial charge is 0.307 e. The second-order valence-electron chi connectivity index (χ2n) is 9.33. The molecule has 0 spiro atoms. The number of anilines is 1. The maximum absolute atomic E-state index is 12.6. The van der Waals surface area contributed by atoms with Gasteiger partial charge in [-0.2, -0.15) is 0 Å². The van der Waals surface area contributed by atoms with E-state index in [1.165, 1.54) is 13.5 Å². The van der Waals surface area contributed by atoms with Gasteiger partial charge in [0.05, 0.1) is 24.8 Å². The highest BCUT2D eigenvalue weighted by Crippen LogP contribution is 2.62. The second-order valence-corrected chi connectivity index (χ2v) is 9.76. The molecule has 5 atom stereocenters. The first-order chi connectivity index (χ1) is 13.7. The zero-order valence-electron chi connectivity index (χ0n) is 16.9. The van der Waals surface area contributed by atoms with Crippen LogP contribution in [0.4, 0.5) is 5.69 Å². The zero-order chi connectivity index (χ0) is 20.8. The van der Waals surface area contributed by atoms with Gasteiger partial charge < -0.3 is 19.9 Å². The van der Waals surface area contributed by atoms with E-state index in [1.54, 1.807) is 25.1 Å². The summed E-state index contributed by atoms with van der Waals surface area (Å²) in [6, 6.07) is 4.91. The van der Waals surface area contributed by atoms with Crippen LogP contribution < -0.4 is 10.1 Å². The predicted octanol–water partition coefficient (Wildman–Crippen LogP) is 3.94. The first-order valence-corrected chi connectivity index (χ1v) is 10.6. The molecule has 1 aromatic rings. The van der Waals surface area contributed by atoms with Gasteiger partial charge in [-0.3, -0.25) is 9.59 Å². The summed E-state index contributed by atoms with van der Waals surface area (Å²) in [5.74, 6) is 0.664. The summed E-state index contributed by atoms with van der Waals surface area (Å²) in [6.45, 7) is 1.55. The van der Waals surface area contributed by atoms with Crippen molar-refractivity contribution in [2.75, 3.05) is 12.4 Å². The largest absolute Gasteiger partial charge is 0.495 e. The number of carbonyl (C=O) groups excluding carboxylic acids is 2. The number of esters is 1. The van der Waals surface area contributed by atoms with Crippen LogP contribution in [0.2, 0.25) is 5.02 Å². The number of benzene rings is 1. The summed E-state index contributed by atoms with van der Waals surface area (Å²) in [7, 11) is 1.50. The maximum Gasteiger partial charge on any atom is 0.307 e. The van der Waals surface area contributed by atoms with Crippen LogP contribution >= 0.6 is 11.6 Å². The number of rotatable bonds is 6. The highest BCUT2D eigenvalue weighted by molar-refractivity contribution is 6.31. The van der Waals surface area contributed by atoms with E-state index in [1.807, 2.05) is 0 Å². The number of halogens is 1. The van der Waals surface area contributed by atoms with Crippen LogP contribution in [0.25, 0.3) is 0 Å². The van der Waals surface area contributed by atoms with Crippen molar-refractivity contribution in [1.29, 1.82) is 0 Å². The molecular weight excluding hydrogens is 394 g/mol. The molecule has 6 nitrogen and oxygen atoms in total. The van der Waals surface area contributed by atoms with Gasteiger partial charge in [0.25, 0.3) is 5.91 Å². The molecule has 4 saturated carbocycles. The van der Waals surface area contributed by atoms with Gasteiger partial charge in [-0.25, -0.2) is 0 Å². The average molecular weight is 422 g/mol.